The van der Waals surface area contributed by atoms with Crippen molar-refractivity contribution in [2.24, 2.45) is 11.7 Å². The summed E-state index contributed by atoms with van der Waals surface area (Å²) in [5, 5.41) is 0.755. The summed E-state index contributed by atoms with van der Waals surface area (Å²) in [6.07, 6.45) is 3.08. The maximum absolute atomic E-state index is 12.6. The molecular weight excluding hydrogens is 344 g/mol. The fraction of sp³-hybridized carbons (Fsp3) is 0.524. The Kier molecular flexibility index (Phi) is 5.85. The normalized spacial score (nSPS) is 17.3. The van der Waals surface area contributed by atoms with E-state index in [1.54, 1.807) is 6.92 Å². The maximum atomic E-state index is 12.6. The van der Waals surface area contributed by atoms with Crippen molar-refractivity contribution in [1.29, 1.82) is 0 Å². The first-order valence-corrected chi connectivity index (χ1v) is 9.56. The number of fused-ring (bicyclic) bond motifs is 1. The summed E-state index contributed by atoms with van der Waals surface area (Å²) >= 11 is 0. The van der Waals surface area contributed by atoms with E-state index in [0.717, 1.165) is 48.9 Å². The summed E-state index contributed by atoms with van der Waals surface area (Å²) in [5.74, 6) is 1.04. The Morgan fingerprint density at radius 3 is 2.81 bits per heavy atom. The fourth-order valence-corrected chi connectivity index (χ4v) is 3.80. The van der Waals surface area contributed by atoms with Crippen LogP contribution in [0.2, 0.25) is 0 Å². The van der Waals surface area contributed by atoms with Gasteiger partial charge in [-0.25, -0.2) is 4.79 Å². The molecule has 2 heterocycles. The van der Waals surface area contributed by atoms with E-state index in [4.69, 9.17) is 14.9 Å². The zero-order valence-electron chi connectivity index (χ0n) is 16.3. The predicted octanol–water partition coefficient (Wildman–Crippen LogP) is 2.68. The molecule has 146 valence electrons. The SMILES string of the molecule is Cc1cc(OCC(=O)N2CCCC(CCN)C2)c2c(C)c(C)c(=O)oc2c1. The lowest BCUT2D eigenvalue weighted by atomic mass is 9.95. The molecule has 1 aliphatic rings. The van der Waals surface area contributed by atoms with Crippen LogP contribution >= 0.6 is 0 Å². The van der Waals surface area contributed by atoms with Crippen molar-refractivity contribution in [2.75, 3.05) is 26.2 Å². The van der Waals surface area contributed by atoms with Crippen LogP contribution < -0.4 is 16.1 Å². The lowest BCUT2D eigenvalue weighted by Crippen LogP contribution is -2.42. The van der Waals surface area contributed by atoms with Crippen LogP contribution in [0.5, 0.6) is 5.75 Å². The van der Waals surface area contributed by atoms with Gasteiger partial charge < -0.3 is 19.8 Å². The maximum Gasteiger partial charge on any atom is 0.339 e. The molecule has 0 spiro atoms. The van der Waals surface area contributed by atoms with Gasteiger partial charge in [0.15, 0.2) is 6.61 Å². The highest BCUT2D eigenvalue weighted by molar-refractivity contribution is 5.88. The van der Waals surface area contributed by atoms with Crippen molar-refractivity contribution in [3.63, 3.8) is 0 Å². The molecule has 1 saturated heterocycles. The molecule has 1 atom stereocenters. The van der Waals surface area contributed by atoms with Gasteiger partial charge in [-0.3, -0.25) is 4.79 Å². The van der Waals surface area contributed by atoms with Gasteiger partial charge in [0.1, 0.15) is 11.3 Å². The third kappa shape index (κ3) is 4.16. The predicted molar refractivity (Wildman–Crippen MR) is 105 cm³/mol. The number of carbonyl (C=O) groups excluding carboxylic acids is 1. The van der Waals surface area contributed by atoms with Crippen LogP contribution in [-0.2, 0) is 4.79 Å². The second-order valence-corrected chi connectivity index (χ2v) is 7.49. The number of carbonyl (C=O) groups is 1. The highest BCUT2D eigenvalue weighted by atomic mass is 16.5. The van der Waals surface area contributed by atoms with E-state index < -0.39 is 0 Å². The summed E-state index contributed by atoms with van der Waals surface area (Å²) in [5.41, 5.74) is 8.11. The quantitative estimate of drug-likeness (QED) is 0.816. The first-order valence-electron chi connectivity index (χ1n) is 9.56. The summed E-state index contributed by atoms with van der Waals surface area (Å²) in [7, 11) is 0. The molecule has 0 saturated carbocycles. The molecule has 3 rings (SSSR count). The molecule has 1 aliphatic heterocycles. The van der Waals surface area contributed by atoms with Crippen LogP contribution in [0.15, 0.2) is 21.3 Å². The summed E-state index contributed by atoms with van der Waals surface area (Å²) in [4.78, 5) is 26.5. The van der Waals surface area contributed by atoms with Gasteiger partial charge in [0, 0.05) is 18.7 Å². The van der Waals surface area contributed by atoms with Gasteiger partial charge in [-0.1, -0.05) is 0 Å². The number of nitrogens with two attached hydrogens (primary N) is 1. The third-order valence-corrected chi connectivity index (χ3v) is 5.45. The minimum absolute atomic E-state index is 0.0156. The number of rotatable bonds is 5. The molecule has 0 radical (unpaired) electrons. The van der Waals surface area contributed by atoms with Gasteiger partial charge in [0.25, 0.3) is 5.91 Å². The number of amides is 1. The minimum Gasteiger partial charge on any atom is -0.483 e. The van der Waals surface area contributed by atoms with Crippen LogP contribution in [0.4, 0.5) is 0 Å². The fourth-order valence-electron chi connectivity index (χ4n) is 3.80. The number of hydrogen-bond donors (Lipinski definition) is 1. The number of nitrogens with zero attached hydrogens (tertiary/aromatic N) is 1. The molecule has 2 aromatic rings. The Bertz CT molecular complexity index is 901. The number of piperidine rings is 1. The summed E-state index contributed by atoms with van der Waals surface area (Å²) in [6, 6.07) is 3.70. The van der Waals surface area contributed by atoms with E-state index >= 15 is 0 Å². The number of ether oxygens (including phenoxy) is 1. The van der Waals surface area contributed by atoms with E-state index in [-0.39, 0.29) is 18.1 Å². The molecule has 1 aromatic carbocycles. The second-order valence-electron chi connectivity index (χ2n) is 7.49. The van der Waals surface area contributed by atoms with Gasteiger partial charge in [0.05, 0.1) is 5.39 Å². The Labute approximate surface area is 159 Å². The monoisotopic (exact) mass is 372 g/mol. The van der Waals surface area contributed by atoms with Crippen molar-refractivity contribution in [3.8, 4) is 5.75 Å². The lowest BCUT2D eigenvalue weighted by Gasteiger charge is -2.32. The van der Waals surface area contributed by atoms with Crippen LogP contribution in [0.1, 0.15) is 36.0 Å². The molecule has 6 nitrogen and oxygen atoms in total. The second kappa shape index (κ2) is 8.13. The molecular formula is C21H28N2O4. The zero-order valence-corrected chi connectivity index (χ0v) is 16.3. The first kappa shape index (κ1) is 19.4. The Morgan fingerprint density at radius 1 is 1.30 bits per heavy atom. The summed E-state index contributed by atoms with van der Waals surface area (Å²) in [6.45, 7) is 7.67. The molecule has 6 heteroatoms. The van der Waals surface area contributed by atoms with Crippen LogP contribution in [0, 0.1) is 26.7 Å². The third-order valence-electron chi connectivity index (χ3n) is 5.45. The minimum atomic E-state index is -0.341. The van der Waals surface area contributed by atoms with E-state index in [2.05, 4.69) is 0 Å². The number of aryl methyl sites for hydroxylation is 2. The van der Waals surface area contributed by atoms with Crippen LogP contribution in [0.3, 0.4) is 0 Å². The first-order chi connectivity index (χ1) is 12.9. The van der Waals surface area contributed by atoms with Crippen LogP contribution in [0.25, 0.3) is 11.0 Å². The molecule has 27 heavy (non-hydrogen) atoms. The molecule has 0 bridgehead atoms. The number of benzene rings is 1. The smallest absolute Gasteiger partial charge is 0.339 e. The lowest BCUT2D eigenvalue weighted by molar-refractivity contribution is -0.135. The van der Waals surface area contributed by atoms with Gasteiger partial charge in [0.2, 0.25) is 0 Å². The number of likely N-dealkylation sites (tertiary alicyclic amines) is 1. The Morgan fingerprint density at radius 2 is 2.07 bits per heavy atom. The molecule has 0 aliphatic carbocycles. The average Bonchev–Trinajstić information content (AvgIpc) is 2.64. The van der Waals surface area contributed by atoms with Crippen molar-refractivity contribution in [3.05, 3.63) is 39.2 Å². The molecule has 1 unspecified atom stereocenters. The summed E-state index contributed by atoms with van der Waals surface area (Å²) < 4.78 is 11.3. The van der Waals surface area contributed by atoms with E-state index in [9.17, 15) is 9.59 Å². The largest absolute Gasteiger partial charge is 0.483 e. The van der Waals surface area contributed by atoms with Gasteiger partial charge in [-0.05, 0) is 75.8 Å². The van der Waals surface area contributed by atoms with E-state index in [0.29, 0.717) is 29.4 Å². The van der Waals surface area contributed by atoms with E-state index in [1.165, 1.54) is 0 Å². The highest BCUT2D eigenvalue weighted by Crippen LogP contribution is 2.31. The highest BCUT2D eigenvalue weighted by Gasteiger charge is 2.24. The van der Waals surface area contributed by atoms with E-state index in [1.807, 2.05) is 30.9 Å². The standard InChI is InChI=1S/C21H28N2O4/c1-13-9-17(20-14(2)15(3)21(25)27-18(20)10-13)26-12-19(24)23-8-4-5-16(11-23)6-7-22/h9-10,16H,4-8,11-12,22H2,1-3H3. The molecule has 1 fully saturated rings. The van der Waals surface area contributed by atoms with Crippen molar-refractivity contribution < 1.29 is 13.9 Å². The van der Waals surface area contributed by atoms with Crippen molar-refractivity contribution >= 4 is 16.9 Å². The van der Waals surface area contributed by atoms with Crippen LogP contribution in [-0.4, -0.2) is 37.0 Å². The van der Waals surface area contributed by atoms with Crippen molar-refractivity contribution in [1.82, 2.24) is 4.90 Å². The molecule has 1 aromatic heterocycles. The van der Waals surface area contributed by atoms with Gasteiger partial charge in [-0.15, -0.1) is 0 Å². The number of hydrogen-bond acceptors (Lipinski definition) is 5. The zero-order chi connectivity index (χ0) is 19.6. The molecule has 2 N–H and O–H groups in total. The van der Waals surface area contributed by atoms with Gasteiger partial charge >= 0.3 is 5.63 Å². The van der Waals surface area contributed by atoms with Gasteiger partial charge in [-0.2, -0.15) is 0 Å². The van der Waals surface area contributed by atoms with Crippen molar-refractivity contribution in [2.45, 2.75) is 40.0 Å². The topological polar surface area (TPSA) is 85.8 Å². The average molecular weight is 372 g/mol. The molecule has 1 amide bonds. The Balaban J connectivity index is 1.79. The Hall–Kier alpha value is -2.34.